The molecule has 0 N–H and O–H groups in total. The van der Waals surface area contributed by atoms with Crippen LogP contribution in [0.2, 0.25) is 0 Å². The number of esters is 1. The average molecular weight is 548 g/mol. The fourth-order valence-electron chi connectivity index (χ4n) is 5.36. The third-order valence-corrected chi connectivity index (χ3v) is 7.88. The van der Waals surface area contributed by atoms with E-state index in [4.69, 9.17) is 19.2 Å². The third kappa shape index (κ3) is 7.18. The minimum absolute atomic E-state index is 0.0759. The summed E-state index contributed by atoms with van der Waals surface area (Å²) < 4.78 is 16.8. The van der Waals surface area contributed by atoms with Crippen molar-refractivity contribution in [3.8, 4) is 5.75 Å². The Morgan fingerprint density at radius 2 is 1.93 bits per heavy atom. The second-order valence-electron chi connectivity index (χ2n) is 10.7. The summed E-state index contributed by atoms with van der Waals surface area (Å²) in [6.07, 6.45) is 10.0. The van der Waals surface area contributed by atoms with Gasteiger partial charge >= 0.3 is 5.97 Å². The molecule has 1 aromatic carbocycles. The Morgan fingerprint density at radius 3 is 2.70 bits per heavy atom. The summed E-state index contributed by atoms with van der Waals surface area (Å²) in [5.74, 6) is 0.812. The van der Waals surface area contributed by atoms with Gasteiger partial charge in [0.05, 0.1) is 31.9 Å². The minimum atomic E-state index is -0.615. The van der Waals surface area contributed by atoms with Crippen LogP contribution in [-0.2, 0) is 14.3 Å². The molecule has 2 unspecified atom stereocenters. The number of hydrogen-bond donors (Lipinski definition) is 0. The maximum atomic E-state index is 13.4. The summed E-state index contributed by atoms with van der Waals surface area (Å²) in [6, 6.07) is 8.86. The van der Waals surface area contributed by atoms with Crippen LogP contribution in [0.5, 0.6) is 5.75 Å². The quantitative estimate of drug-likeness (QED) is 0.235. The first-order valence-corrected chi connectivity index (χ1v) is 14.7. The minimum Gasteiger partial charge on any atom is -0.499 e. The van der Waals surface area contributed by atoms with E-state index in [1.54, 1.807) is 25.3 Å². The van der Waals surface area contributed by atoms with Crippen LogP contribution in [0.25, 0.3) is 11.8 Å². The first-order valence-electron chi connectivity index (χ1n) is 14.7. The average Bonchev–Trinajstić information content (AvgIpc) is 2.98. The van der Waals surface area contributed by atoms with E-state index in [1.807, 2.05) is 12.1 Å². The van der Waals surface area contributed by atoms with Gasteiger partial charge in [0.1, 0.15) is 16.9 Å². The summed E-state index contributed by atoms with van der Waals surface area (Å²) in [5.41, 5.74) is 1.40. The van der Waals surface area contributed by atoms with E-state index in [-0.39, 0.29) is 24.0 Å². The molecule has 2 atom stereocenters. The number of pyridine rings is 1. The Balaban J connectivity index is 1.30. The standard InChI is InChI=1S/C33H41NO6/c1-4-6-10-22(5-2)21-40-31(36)13-7-8-18-39-24-15-16-25-26(19-24)29(35)20-27(33(25)37)28-17-14-23-11-9-12-30(38-3)32(23)34-28/h11,14-17,19,22,27H,4-10,12-13,18,20-21H2,1-3H3. The molecular formula is C33H41NO6. The molecule has 2 aromatic rings. The van der Waals surface area contributed by atoms with Crippen LogP contribution in [0.1, 0.15) is 110 Å². The predicted molar refractivity (Wildman–Crippen MR) is 154 cm³/mol. The summed E-state index contributed by atoms with van der Waals surface area (Å²) in [7, 11) is 1.63. The predicted octanol–water partition coefficient (Wildman–Crippen LogP) is 5.27. The lowest BCUT2D eigenvalue weighted by Crippen LogP contribution is -2.36. The molecule has 7 nitrogen and oxygen atoms in total. The number of Topliss-reactive ketones (excluding diaryl/α,β-unsaturated/α-hetero) is 2. The molecule has 214 valence electrons. The molecule has 0 bridgehead atoms. The molecule has 0 saturated heterocycles. The lowest BCUT2D eigenvalue weighted by atomic mass is 9.80. The van der Waals surface area contributed by atoms with Crippen molar-refractivity contribution in [3.05, 3.63) is 57.7 Å². The molecular weight excluding hydrogens is 506 g/mol. The largest absolute Gasteiger partial charge is 0.499 e. The number of ketones is 2. The Bertz CT molecular complexity index is 1350. The lowest BCUT2D eigenvalue weighted by Gasteiger charge is -2.23. The number of hydrogen-bond acceptors (Lipinski definition) is 7. The van der Waals surface area contributed by atoms with Gasteiger partial charge in [-0.05, 0) is 61.1 Å². The van der Waals surface area contributed by atoms with Crippen LogP contribution in [0, 0.1) is 5.92 Å². The number of benzene rings is 1. The highest BCUT2D eigenvalue weighted by Gasteiger charge is 2.35. The number of carbonyl (C=O) groups is 3. The number of carbonyl (C=O) groups excluding carboxylic acids is 3. The maximum absolute atomic E-state index is 13.4. The van der Waals surface area contributed by atoms with E-state index in [0.29, 0.717) is 61.0 Å². The molecule has 0 saturated carbocycles. The van der Waals surface area contributed by atoms with E-state index in [2.05, 4.69) is 19.9 Å². The maximum Gasteiger partial charge on any atom is 0.305 e. The zero-order valence-corrected chi connectivity index (χ0v) is 24.0. The topological polar surface area (TPSA) is 91.8 Å². The van der Waals surface area contributed by atoms with Crippen molar-refractivity contribution < 1.29 is 28.6 Å². The van der Waals surface area contributed by atoms with Crippen LogP contribution in [0.3, 0.4) is 0 Å². The summed E-state index contributed by atoms with van der Waals surface area (Å²) in [6.45, 7) is 5.22. The normalized spacial score (nSPS) is 17.0. The van der Waals surface area contributed by atoms with E-state index >= 15 is 0 Å². The van der Waals surface area contributed by atoms with Crippen molar-refractivity contribution >= 4 is 29.4 Å². The Kier molecular flexibility index (Phi) is 10.5. The molecule has 1 aromatic heterocycles. The molecule has 0 spiro atoms. The van der Waals surface area contributed by atoms with Crippen LogP contribution >= 0.6 is 0 Å². The number of rotatable bonds is 14. The van der Waals surface area contributed by atoms with E-state index < -0.39 is 5.92 Å². The molecule has 0 amide bonds. The highest BCUT2D eigenvalue weighted by Crippen LogP contribution is 2.33. The second-order valence-corrected chi connectivity index (χ2v) is 10.7. The lowest BCUT2D eigenvalue weighted by molar-refractivity contribution is -0.145. The van der Waals surface area contributed by atoms with E-state index in [0.717, 1.165) is 54.9 Å². The van der Waals surface area contributed by atoms with Gasteiger partial charge in [-0.15, -0.1) is 0 Å². The zero-order chi connectivity index (χ0) is 28.5. The monoisotopic (exact) mass is 547 g/mol. The number of fused-ring (bicyclic) bond motifs is 2. The molecule has 0 aliphatic heterocycles. The smallest absolute Gasteiger partial charge is 0.305 e. The van der Waals surface area contributed by atoms with E-state index in [9.17, 15) is 14.4 Å². The number of unbranched alkanes of at least 4 members (excludes halogenated alkanes) is 2. The van der Waals surface area contributed by atoms with Gasteiger partial charge in [-0.1, -0.05) is 45.3 Å². The van der Waals surface area contributed by atoms with Gasteiger partial charge in [0.25, 0.3) is 0 Å². The summed E-state index contributed by atoms with van der Waals surface area (Å²) in [5, 5.41) is 1.75. The fourth-order valence-corrected chi connectivity index (χ4v) is 5.36. The van der Waals surface area contributed by atoms with Crippen LogP contribution in [0.4, 0.5) is 0 Å². The molecule has 1 heterocycles. The van der Waals surface area contributed by atoms with Gasteiger partial charge < -0.3 is 14.2 Å². The zero-order valence-electron chi connectivity index (χ0n) is 24.0. The third-order valence-electron chi connectivity index (χ3n) is 7.88. The molecule has 2 aliphatic carbocycles. The Morgan fingerprint density at radius 1 is 1.07 bits per heavy atom. The number of nitrogens with zero attached hydrogens (tertiary/aromatic N) is 1. The van der Waals surface area contributed by atoms with E-state index in [1.165, 1.54) is 0 Å². The van der Waals surface area contributed by atoms with Gasteiger partial charge in [0.15, 0.2) is 11.6 Å². The van der Waals surface area contributed by atoms with Crippen molar-refractivity contribution in [2.75, 3.05) is 20.3 Å². The first kappa shape index (κ1) is 29.5. The summed E-state index contributed by atoms with van der Waals surface area (Å²) >= 11 is 0. The molecule has 0 radical (unpaired) electrons. The van der Waals surface area contributed by atoms with Crippen LogP contribution in [-0.4, -0.2) is 42.8 Å². The van der Waals surface area contributed by atoms with Crippen molar-refractivity contribution in [1.29, 1.82) is 0 Å². The molecule has 4 rings (SSSR count). The highest BCUT2D eigenvalue weighted by molar-refractivity contribution is 6.16. The molecule has 40 heavy (non-hydrogen) atoms. The van der Waals surface area contributed by atoms with Crippen molar-refractivity contribution in [1.82, 2.24) is 4.98 Å². The van der Waals surface area contributed by atoms with Crippen molar-refractivity contribution in [2.45, 2.75) is 84.0 Å². The Labute approximate surface area is 236 Å². The SMILES string of the molecule is CCCCC(CC)COC(=O)CCCCOc1ccc2c(c1)C(=O)CC(c1ccc3c(n1)=C(OC)CCC=3)C2=O. The molecule has 0 fully saturated rings. The summed E-state index contributed by atoms with van der Waals surface area (Å²) in [4.78, 5) is 43.3. The molecule has 7 heteroatoms. The van der Waals surface area contributed by atoms with Gasteiger partial charge in [-0.25, -0.2) is 4.98 Å². The van der Waals surface area contributed by atoms with Gasteiger partial charge in [-0.2, -0.15) is 0 Å². The van der Waals surface area contributed by atoms with Gasteiger partial charge in [0.2, 0.25) is 0 Å². The van der Waals surface area contributed by atoms with Gasteiger partial charge in [0, 0.05) is 30.4 Å². The van der Waals surface area contributed by atoms with Crippen LogP contribution < -0.4 is 15.3 Å². The number of aromatic nitrogens is 1. The highest BCUT2D eigenvalue weighted by atomic mass is 16.5. The number of ether oxygens (including phenoxy) is 3. The van der Waals surface area contributed by atoms with Gasteiger partial charge in [-0.3, -0.25) is 14.4 Å². The first-order chi connectivity index (χ1) is 19.4. The molecule has 2 aliphatic rings. The number of methoxy groups -OCH3 is 1. The van der Waals surface area contributed by atoms with Crippen LogP contribution in [0.15, 0.2) is 30.3 Å². The Hall–Kier alpha value is -3.48. The fraction of sp³-hybridized carbons (Fsp3) is 0.515. The van der Waals surface area contributed by atoms with Crippen molar-refractivity contribution in [2.24, 2.45) is 5.92 Å². The second kappa shape index (κ2) is 14.2. The van der Waals surface area contributed by atoms with Crippen molar-refractivity contribution in [3.63, 3.8) is 0 Å².